The number of aromatic nitrogens is 1. The Morgan fingerprint density at radius 2 is 2.33 bits per heavy atom. The van der Waals surface area contributed by atoms with E-state index >= 15 is 0 Å². The molecule has 96 valence electrons. The van der Waals surface area contributed by atoms with Crippen LogP contribution in [0.2, 0.25) is 0 Å². The number of pyridine rings is 1. The highest BCUT2D eigenvalue weighted by Gasteiger charge is 2.35. The number of ether oxygens (including phenoxy) is 1. The largest absolute Gasteiger partial charge is 0.480 e. The number of carboxylic acid groups (broad SMARTS) is 1. The second-order valence-electron chi connectivity index (χ2n) is 4.06. The average molecular weight is 250 g/mol. The first kappa shape index (κ1) is 12.3. The zero-order chi connectivity index (χ0) is 13.1. The molecule has 1 saturated heterocycles. The quantitative estimate of drug-likeness (QED) is 0.857. The van der Waals surface area contributed by atoms with Crippen molar-refractivity contribution in [3.8, 4) is 5.88 Å². The number of carbonyl (C=O) groups excluding carboxylic acids is 1. The maximum Gasteiger partial charge on any atom is 0.326 e. The van der Waals surface area contributed by atoms with Gasteiger partial charge in [-0.3, -0.25) is 4.79 Å². The van der Waals surface area contributed by atoms with E-state index in [2.05, 4.69) is 4.98 Å². The van der Waals surface area contributed by atoms with Crippen molar-refractivity contribution in [3.63, 3.8) is 0 Å². The number of nitrogens with zero attached hydrogens (tertiary/aromatic N) is 2. The second kappa shape index (κ2) is 5.03. The second-order valence-corrected chi connectivity index (χ2v) is 4.06. The third-order valence-corrected chi connectivity index (χ3v) is 2.99. The molecule has 6 nitrogen and oxygen atoms in total. The molecule has 0 spiro atoms. The minimum Gasteiger partial charge on any atom is -0.480 e. The van der Waals surface area contributed by atoms with Crippen LogP contribution < -0.4 is 4.74 Å². The summed E-state index contributed by atoms with van der Waals surface area (Å²) in [6, 6.07) is 2.47. The van der Waals surface area contributed by atoms with Gasteiger partial charge in [0.15, 0.2) is 0 Å². The summed E-state index contributed by atoms with van der Waals surface area (Å²) in [5.41, 5.74) is 0.299. The number of likely N-dealkylation sites (tertiary alicyclic amines) is 1. The third-order valence-electron chi connectivity index (χ3n) is 2.99. The smallest absolute Gasteiger partial charge is 0.326 e. The Balaban J connectivity index is 2.28. The highest BCUT2D eigenvalue weighted by atomic mass is 16.5. The van der Waals surface area contributed by atoms with Gasteiger partial charge in [0.25, 0.3) is 5.91 Å². The lowest BCUT2D eigenvalue weighted by Crippen LogP contribution is -2.40. The van der Waals surface area contributed by atoms with Gasteiger partial charge >= 0.3 is 5.97 Å². The van der Waals surface area contributed by atoms with Gasteiger partial charge in [0, 0.05) is 12.7 Å². The van der Waals surface area contributed by atoms with E-state index in [0.29, 0.717) is 24.9 Å². The predicted molar refractivity (Wildman–Crippen MR) is 62.5 cm³/mol. The van der Waals surface area contributed by atoms with Crippen LogP contribution in [0.5, 0.6) is 5.88 Å². The SMILES string of the molecule is COc1ncccc1C(=O)N1CCC[C@@H]1C(=O)O. The molecule has 1 aliphatic rings. The van der Waals surface area contributed by atoms with E-state index in [4.69, 9.17) is 9.84 Å². The molecule has 0 radical (unpaired) electrons. The lowest BCUT2D eigenvalue weighted by atomic mass is 10.2. The summed E-state index contributed by atoms with van der Waals surface area (Å²) in [5, 5.41) is 9.07. The Bertz CT molecular complexity index is 475. The highest BCUT2D eigenvalue weighted by molar-refractivity contribution is 5.98. The molecular weight excluding hydrogens is 236 g/mol. The number of carboxylic acids is 1. The van der Waals surface area contributed by atoms with Crippen LogP contribution >= 0.6 is 0 Å². The number of aliphatic carboxylic acids is 1. The topological polar surface area (TPSA) is 79.7 Å². The van der Waals surface area contributed by atoms with Crippen molar-refractivity contribution in [2.24, 2.45) is 0 Å². The summed E-state index contributed by atoms with van der Waals surface area (Å²) in [5.74, 6) is -1.09. The first-order valence-corrected chi connectivity index (χ1v) is 5.68. The van der Waals surface area contributed by atoms with Crippen molar-refractivity contribution in [1.29, 1.82) is 0 Å². The van der Waals surface area contributed by atoms with E-state index in [1.807, 2.05) is 0 Å². The van der Waals surface area contributed by atoms with E-state index in [1.165, 1.54) is 18.2 Å². The van der Waals surface area contributed by atoms with Crippen LogP contribution in [0.3, 0.4) is 0 Å². The zero-order valence-electron chi connectivity index (χ0n) is 10.00. The van der Waals surface area contributed by atoms with Crippen LogP contribution in [0.1, 0.15) is 23.2 Å². The molecule has 18 heavy (non-hydrogen) atoms. The highest BCUT2D eigenvalue weighted by Crippen LogP contribution is 2.23. The van der Waals surface area contributed by atoms with E-state index in [0.717, 1.165) is 0 Å². The van der Waals surface area contributed by atoms with Crippen molar-refractivity contribution in [1.82, 2.24) is 9.88 Å². The maximum atomic E-state index is 12.3. The Morgan fingerprint density at radius 1 is 1.56 bits per heavy atom. The summed E-state index contributed by atoms with van der Waals surface area (Å²) in [6.45, 7) is 0.452. The minimum atomic E-state index is -0.969. The van der Waals surface area contributed by atoms with Gasteiger partial charge in [-0.15, -0.1) is 0 Å². The molecule has 1 fully saturated rings. The van der Waals surface area contributed by atoms with Crippen LogP contribution in [0.4, 0.5) is 0 Å². The van der Waals surface area contributed by atoms with Crippen LogP contribution in [0.25, 0.3) is 0 Å². The molecule has 1 N–H and O–H groups in total. The number of carbonyl (C=O) groups is 2. The standard InChI is InChI=1S/C12H14N2O4/c1-18-10-8(4-2-6-13-10)11(15)14-7-3-5-9(14)12(16)17/h2,4,6,9H,3,5,7H2,1H3,(H,16,17)/t9-/m1/s1. The molecule has 1 amide bonds. The molecule has 0 aliphatic carbocycles. The summed E-state index contributed by atoms with van der Waals surface area (Å²) >= 11 is 0. The van der Waals surface area contributed by atoms with Crippen molar-refractivity contribution in [2.75, 3.05) is 13.7 Å². The van der Waals surface area contributed by atoms with Gasteiger partial charge in [0.05, 0.1) is 7.11 Å². The maximum absolute atomic E-state index is 12.3. The molecule has 0 aromatic carbocycles. The number of hydrogen-bond donors (Lipinski definition) is 1. The van der Waals surface area contributed by atoms with Gasteiger partial charge in [-0.1, -0.05) is 0 Å². The lowest BCUT2D eigenvalue weighted by Gasteiger charge is -2.21. The molecule has 0 unspecified atom stereocenters. The molecule has 1 atom stereocenters. The number of rotatable bonds is 3. The summed E-state index contributed by atoms with van der Waals surface area (Å²) < 4.78 is 5.02. The molecule has 0 bridgehead atoms. The van der Waals surface area contributed by atoms with Gasteiger partial charge in [-0.25, -0.2) is 9.78 Å². The van der Waals surface area contributed by atoms with Crippen molar-refractivity contribution >= 4 is 11.9 Å². The fourth-order valence-electron chi connectivity index (χ4n) is 2.14. The summed E-state index contributed by atoms with van der Waals surface area (Å²) in [7, 11) is 1.43. The van der Waals surface area contributed by atoms with Gasteiger partial charge in [-0.2, -0.15) is 0 Å². The summed E-state index contributed by atoms with van der Waals surface area (Å²) in [4.78, 5) is 28.7. The fraction of sp³-hybridized carbons (Fsp3) is 0.417. The predicted octanol–water partition coefficient (Wildman–Crippen LogP) is 0.779. The third kappa shape index (κ3) is 2.13. The fourth-order valence-corrected chi connectivity index (χ4v) is 2.14. The molecular formula is C12H14N2O4. The first-order valence-electron chi connectivity index (χ1n) is 5.68. The van der Waals surface area contributed by atoms with Crippen molar-refractivity contribution < 1.29 is 19.4 Å². The molecule has 0 saturated carbocycles. The number of amides is 1. The first-order chi connectivity index (χ1) is 8.65. The zero-order valence-corrected chi connectivity index (χ0v) is 10.00. The van der Waals surface area contributed by atoms with E-state index in [9.17, 15) is 9.59 Å². The van der Waals surface area contributed by atoms with E-state index < -0.39 is 12.0 Å². The van der Waals surface area contributed by atoms with Gasteiger partial charge in [-0.05, 0) is 25.0 Å². The Labute approximate surface area is 104 Å². The average Bonchev–Trinajstić information content (AvgIpc) is 2.87. The molecule has 2 heterocycles. The minimum absolute atomic E-state index is 0.221. The van der Waals surface area contributed by atoms with Crippen LogP contribution in [-0.4, -0.2) is 46.6 Å². The van der Waals surface area contributed by atoms with E-state index in [-0.39, 0.29) is 11.8 Å². The summed E-state index contributed by atoms with van der Waals surface area (Å²) in [6.07, 6.45) is 2.71. The molecule has 2 rings (SSSR count). The molecule has 1 aromatic rings. The van der Waals surface area contributed by atoms with Crippen LogP contribution in [0.15, 0.2) is 18.3 Å². The van der Waals surface area contributed by atoms with E-state index in [1.54, 1.807) is 12.1 Å². The van der Waals surface area contributed by atoms with Crippen molar-refractivity contribution in [3.05, 3.63) is 23.9 Å². The van der Waals surface area contributed by atoms with Gasteiger partial charge in [0.1, 0.15) is 11.6 Å². The van der Waals surface area contributed by atoms with Crippen LogP contribution in [-0.2, 0) is 4.79 Å². The Morgan fingerprint density at radius 3 is 3.00 bits per heavy atom. The molecule has 6 heteroatoms. The van der Waals surface area contributed by atoms with Crippen LogP contribution in [0, 0.1) is 0 Å². The monoisotopic (exact) mass is 250 g/mol. The molecule has 1 aromatic heterocycles. The lowest BCUT2D eigenvalue weighted by molar-refractivity contribution is -0.141. The normalized spacial score (nSPS) is 18.7. The van der Waals surface area contributed by atoms with Gasteiger partial charge < -0.3 is 14.7 Å². The molecule has 1 aliphatic heterocycles. The Hall–Kier alpha value is -2.11. The van der Waals surface area contributed by atoms with Crippen molar-refractivity contribution in [2.45, 2.75) is 18.9 Å². The number of methoxy groups -OCH3 is 1. The Kier molecular flexibility index (Phi) is 3.45. The van der Waals surface area contributed by atoms with Gasteiger partial charge in [0.2, 0.25) is 5.88 Å². The number of hydrogen-bond acceptors (Lipinski definition) is 4.